The van der Waals surface area contributed by atoms with E-state index in [2.05, 4.69) is 0 Å². The molecule has 2 rings (SSSR count). The lowest BCUT2D eigenvalue weighted by atomic mass is 9.81. The lowest BCUT2D eigenvalue weighted by Gasteiger charge is -2.30. The number of carboxylic acid groups (broad SMARTS) is 1. The van der Waals surface area contributed by atoms with Gasteiger partial charge in [-0.3, -0.25) is 4.79 Å². The third-order valence-electron chi connectivity index (χ3n) is 4.01. The molecule has 0 spiro atoms. The smallest absolute Gasteiger partial charge is 0.304 e. The average molecular weight is 296 g/mol. The highest BCUT2D eigenvalue weighted by atomic mass is 32.2. The van der Waals surface area contributed by atoms with Crippen LogP contribution in [0.5, 0.6) is 0 Å². The fraction of sp³-hybridized carbons (Fsp3) is 0.533. The Kier molecular flexibility index (Phi) is 3.91. The average Bonchev–Trinajstić information content (AvgIpc) is 2.24. The molecule has 0 bridgehead atoms. The zero-order chi connectivity index (χ0) is 15.0. The molecule has 1 saturated carbocycles. The van der Waals surface area contributed by atoms with Gasteiger partial charge in [0.2, 0.25) is 0 Å². The quantitative estimate of drug-likeness (QED) is 0.907. The summed E-state index contributed by atoms with van der Waals surface area (Å²) in [7, 11) is -3.34. The van der Waals surface area contributed by atoms with E-state index in [0.29, 0.717) is 23.3 Å². The molecular weight excluding hydrogens is 276 g/mol. The number of hydrogen-bond acceptors (Lipinski definition) is 3. The van der Waals surface area contributed by atoms with Crippen molar-refractivity contribution in [1.82, 2.24) is 0 Å². The van der Waals surface area contributed by atoms with E-state index >= 15 is 0 Å². The maximum atomic E-state index is 12.6. The molecule has 1 N–H and O–H groups in total. The van der Waals surface area contributed by atoms with Crippen LogP contribution in [0.3, 0.4) is 0 Å². The molecule has 20 heavy (non-hydrogen) atoms. The minimum atomic E-state index is -3.34. The van der Waals surface area contributed by atoms with Gasteiger partial charge in [-0.2, -0.15) is 0 Å². The maximum absolute atomic E-state index is 12.6. The van der Waals surface area contributed by atoms with Gasteiger partial charge in [0, 0.05) is 5.41 Å². The van der Waals surface area contributed by atoms with Crippen LogP contribution in [-0.4, -0.2) is 24.7 Å². The maximum Gasteiger partial charge on any atom is 0.304 e. The molecule has 0 aliphatic heterocycles. The molecule has 110 valence electrons. The van der Waals surface area contributed by atoms with E-state index < -0.39 is 21.2 Å². The van der Waals surface area contributed by atoms with Crippen LogP contribution >= 0.6 is 0 Å². The molecule has 4 nitrogen and oxygen atoms in total. The van der Waals surface area contributed by atoms with Crippen LogP contribution in [0.1, 0.15) is 45.1 Å². The molecule has 5 heteroatoms. The van der Waals surface area contributed by atoms with Crippen molar-refractivity contribution in [2.75, 3.05) is 0 Å². The summed E-state index contributed by atoms with van der Waals surface area (Å²) < 4.78 is 25.2. The molecule has 1 fully saturated rings. The number of carbonyl (C=O) groups is 1. The van der Waals surface area contributed by atoms with Gasteiger partial charge in [-0.05, 0) is 24.5 Å². The van der Waals surface area contributed by atoms with Crippen LogP contribution in [0, 0.1) is 0 Å². The van der Waals surface area contributed by atoms with Crippen molar-refractivity contribution in [3.8, 4) is 0 Å². The van der Waals surface area contributed by atoms with Crippen molar-refractivity contribution in [1.29, 1.82) is 0 Å². The summed E-state index contributed by atoms with van der Waals surface area (Å²) in [5, 5.41) is 8.72. The molecule has 1 aliphatic rings. The van der Waals surface area contributed by atoms with Gasteiger partial charge < -0.3 is 5.11 Å². The first-order valence-electron chi connectivity index (χ1n) is 6.80. The van der Waals surface area contributed by atoms with Gasteiger partial charge in [0.15, 0.2) is 9.84 Å². The van der Waals surface area contributed by atoms with E-state index in [0.717, 1.165) is 6.42 Å². The van der Waals surface area contributed by atoms with Gasteiger partial charge >= 0.3 is 5.97 Å². The third-order valence-corrected chi connectivity index (χ3v) is 6.33. The number of rotatable bonds is 5. The monoisotopic (exact) mass is 296 g/mol. The number of benzene rings is 1. The fourth-order valence-electron chi connectivity index (χ4n) is 2.61. The first-order valence-corrected chi connectivity index (χ1v) is 8.35. The van der Waals surface area contributed by atoms with E-state index in [1.54, 1.807) is 38.1 Å². The normalized spacial score (nSPS) is 16.7. The summed E-state index contributed by atoms with van der Waals surface area (Å²) in [6.45, 7) is 3.55. The predicted molar refractivity (Wildman–Crippen MR) is 76.5 cm³/mol. The van der Waals surface area contributed by atoms with Gasteiger partial charge in [-0.25, -0.2) is 8.42 Å². The summed E-state index contributed by atoms with van der Waals surface area (Å²) in [6, 6.07) is 6.80. The Balaban J connectivity index is 2.48. The zero-order valence-corrected chi connectivity index (χ0v) is 12.6. The van der Waals surface area contributed by atoms with Crippen molar-refractivity contribution < 1.29 is 18.3 Å². The summed E-state index contributed by atoms with van der Waals surface area (Å²) in [5.74, 6) is -0.925. The van der Waals surface area contributed by atoms with Crippen LogP contribution in [0.2, 0.25) is 0 Å². The highest BCUT2D eigenvalue weighted by molar-refractivity contribution is 7.92. The van der Waals surface area contributed by atoms with Gasteiger partial charge in [0.05, 0.1) is 16.6 Å². The number of sulfone groups is 1. The lowest BCUT2D eigenvalue weighted by molar-refractivity contribution is -0.138. The van der Waals surface area contributed by atoms with Crippen LogP contribution in [-0.2, 0) is 20.0 Å². The van der Waals surface area contributed by atoms with E-state index in [-0.39, 0.29) is 11.7 Å². The van der Waals surface area contributed by atoms with Crippen LogP contribution < -0.4 is 0 Å². The fourth-order valence-corrected chi connectivity index (χ4v) is 4.84. The zero-order valence-electron chi connectivity index (χ0n) is 11.8. The van der Waals surface area contributed by atoms with Crippen LogP contribution in [0.15, 0.2) is 29.2 Å². The number of carboxylic acids is 1. The van der Waals surface area contributed by atoms with Gasteiger partial charge in [0.1, 0.15) is 0 Å². The standard InChI is InChI=1S/C15H20O4S/c1-15(2,10-14(16)17)12-8-3-4-9-13(12)20(18,19)11-6-5-7-11/h3-4,8-9,11H,5-7,10H2,1-2H3,(H,16,17). The van der Waals surface area contributed by atoms with Gasteiger partial charge in [0.25, 0.3) is 0 Å². The molecule has 0 atom stereocenters. The Morgan fingerprint density at radius 2 is 1.90 bits per heavy atom. The summed E-state index contributed by atoms with van der Waals surface area (Å²) >= 11 is 0. The Bertz CT molecular complexity index is 613. The molecule has 0 amide bonds. The lowest BCUT2D eigenvalue weighted by Crippen LogP contribution is -2.31. The largest absolute Gasteiger partial charge is 0.481 e. The highest BCUT2D eigenvalue weighted by Crippen LogP contribution is 2.37. The SMILES string of the molecule is CC(C)(CC(=O)O)c1ccccc1S(=O)(=O)C1CCC1. The summed E-state index contributed by atoms with van der Waals surface area (Å²) in [4.78, 5) is 11.3. The molecule has 1 aliphatic carbocycles. The number of hydrogen-bond donors (Lipinski definition) is 1. The third kappa shape index (κ3) is 2.73. The predicted octanol–water partition coefficient (Wildman–Crippen LogP) is 2.77. The van der Waals surface area contributed by atoms with Gasteiger partial charge in [-0.1, -0.05) is 38.5 Å². The van der Waals surface area contributed by atoms with E-state index in [1.807, 2.05) is 0 Å². The molecule has 0 radical (unpaired) electrons. The molecule has 0 unspecified atom stereocenters. The summed E-state index contributed by atoms with van der Waals surface area (Å²) in [5.41, 5.74) is -0.103. The van der Waals surface area contributed by atoms with Crippen LogP contribution in [0.25, 0.3) is 0 Å². The highest BCUT2D eigenvalue weighted by Gasteiger charge is 2.37. The Labute approximate surface area is 119 Å². The van der Waals surface area contributed by atoms with E-state index in [9.17, 15) is 13.2 Å². The molecule has 0 saturated heterocycles. The topological polar surface area (TPSA) is 71.4 Å². The van der Waals surface area contributed by atoms with Crippen molar-refractivity contribution in [2.24, 2.45) is 0 Å². The van der Waals surface area contributed by atoms with Crippen molar-refractivity contribution in [3.63, 3.8) is 0 Å². The second-order valence-electron chi connectivity index (χ2n) is 6.05. The Hall–Kier alpha value is -1.36. The molecular formula is C15H20O4S. The van der Waals surface area contributed by atoms with E-state index in [4.69, 9.17) is 5.11 Å². The second-order valence-corrected chi connectivity index (χ2v) is 8.24. The minimum Gasteiger partial charge on any atom is -0.481 e. The molecule has 0 aromatic heterocycles. The minimum absolute atomic E-state index is 0.0931. The Morgan fingerprint density at radius 3 is 2.40 bits per heavy atom. The van der Waals surface area contributed by atoms with Crippen molar-refractivity contribution >= 4 is 15.8 Å². The Morgan fingerprint density at radius 1 is 1.30 bits per heavy atom. The van der Waals surface area contributed by atoms with Crippen molar-refractivity contribution in [3.05, 3.63) is 29.8 Å². The first-order chi connectivity index (χ1) is 9.25. The summed E-state index contributed by atoms with van der Waals surface area (Å²) in [6.07, 6.45) is 2.26. The van der Waals surface area contributed by atoms with E-state index in [1.165, 1.54) is 0 Å². The second kappa shape index (κ2) is 5.20. The van der Waals surface area contributed by atoms with Gasteiger partial charge in [-0.15, -0.1) is 0 Å². The first kappa shape index (κ1) is 15.0. The molecule has 1 aromatic carbocycles. The molecule has 0 heterocycles. The van der Waals surface area contributed by atoms with Crippen LogP contribution in [0.4, 0.5) is 0 Å². The van der Waals surface area contributed by atoms with Crippen molar-refractivity contribution in [2.45, 2.75) is 55.1 Å². The molecule has 1 aromatic rings. The number of aliphatic carboxylic acids is 1.